The Morgan fingerprint density at radius 2 is 1.92 bits per heavy atom. The van der Waals surface area contributed by atoms with Crippen molar-refractivity contribution in [1.82, 2.24) is 4.90 Å². The minimum absolute atomic E-state index is 0.0963. The highest BCUT2D eigenvalue weighted by Gasteiger charge is 2.23. The van der Waals surface area contributed by atoms with Crippen LogP contribution in [0.5, 0.6) is 0 Å². The lowest BCUT2D eigenvalue weighted by Crippen LogP contribution is -2.49. The molecule has 1 heterocycles. The average molecular weight is 195 g/mol. The number of rotatable bonds is 2. The van der Waals surface area contributed by atoms with E-state index in [0.717, 1.165) is 19.6 Å². The molecule has 70 valence electrons. The third-order valence-electron chi connectivity index (χ3n) is 2.32. The van der Waals surface area contributed by atoms with Gasteiger partial charge in [0.05, 0.1) is 6.10 Å². The van der Waals surface area contributed by atoms with E-state index in [9.17, 15) is 0 Å². The molecule has 13 heavy (non-hydrogen) atoms. The van der Waals surface area contributed by atoms with E-state index >= 15 is 0 Å². The smallest absolute Gasteiger partial charge is 0.0794 e. The Morgan fingerprint density at radius 1 is 1.31 bits per heavy atom. The highest BCUT2D eigenvalue weighted by Crippen LogP contribution is 2.12. The van der Waals surface area contributed by atoms with E-state index in [1.807, 2.05) is 0 Å². The van der Waals surface area contributed by atoms with Gasteiger partial charge in [0.2, 0.25) is 0 Å². The van der Waals surface area contributed by atoms with E-state index in [1.165, 1.54) is 10.9 Å². The van der Waals surface area contributed by atoms with Crippen molar-refractivity contribution in [1.29, 1.82) is 0 Å². The molecule has 0 saturated carbocycles. The highest BCUT2D eigenvalue weighted by molar-refractivity contribution is 7.27. The Kier molecular flexibility index (Phi) is 2.63. The Labute approximate surface area is 80.8 Å². The van der Waals surface area contributed by atoms with Crippen LogP contribution < -0.4 is 5.30 Å². The minimum atomic E-state index is -0.0963. The molecule has 2 rings (SSSR count). The van der Waals surface area contributed by atoms with Crippen molar-refractivity contribution in [3.05, 3.63) is 29.8 Å². The largest absolute Gasteiger partial charge is 0.390 e. The van der Waals surface area contributed by atoms with Crippen LogP contribution in [0.2, 0.25) is 0 Å². The van der Waals surface area contributed by atoms with Gasteiger partial charge in [-0.15, -0.1) is 9.24 Å². The molecule has 2 nitrogen and oxygen atoms in total. The summed E-state index contributed by atoms with van der Waals surface area (Å²) in [6.45, 7) is 2.60. The van der Waals surface area contributed by atoms with Crippen LogP contribution >= 0.6 is 9.24 Å². The number of aliphatic hydroxyl groups excluding tert-OH is 1. The maximum atomic E-state index is 9.10. The standard InChI is InChI=1S/C10H14NOP/c12-9-6-11(7-9)5-8-1-3-10(13)4-2-8/h1-4,9,12H,5-7,13H2. The van der Waals surface area contributed by atoms with Crippen molar-refractivity contribution >= 4 is 14.5 Å². The monoisotopic (exact) mass is 195 g/mol. The Morgan fingerprint density at radius 3 is 2.46 bits per heavy atom. The Hall–Kier alpha value is -0.430. The molecule has 1 aliphatic rings. The van der Waals surface area contributed by atoms with Crippen LogP contribution in [-0.2, 0) is 6.54 Å². The second-order valence-corrected chi connectivity index (χ2v) is 4.26. The molecule has 0 spiro atoms. The third-order valence-corrected chi connectivity index (χ3v) is 2.71. The molecule has 0 radical (unpaired) electrons. The van der Waals surface area contributed by atoms with E-state index in [0.29, 0.717) is 0 Å². The third kappa shape index (κ3) is 2.28. The number of aliphatic hydroxyl groups is 1. The van der Waals surface area contributed by atoms with E-state index < -0.39 is 0 Å². The lowest BCUT2D eigenvalue weighted by atomic mass is 10.1. The van der Waals surface area contributed by atoms with Crippen molar-refractivity contribution in [2.75, 3.05) is 13.1 Å². The van der Waals surface area contributed by atoms with Crippen molar-refractivity contribution in [2.24, 2.45) is 0 Å². The molecule has 1 saturated heterocycles. The molecule has 0 aliphatic carbocycles. The van der Waals surface area contributed by atoms with Gasteiger partial charge in [-0.3, -0.25) is 4.90 Å². The van der Waals surface area contributed by atoms with Crippen LogP contribution in [0.25, 0.3) is 0 Å². The van der Waals surface area contributed by atoms with Crippen molar-refractivity contribution in [2.45, 2.75) is 12.6 Å². The average Bonchev–Trinajstić information content (AvgIpc) is 2.06. The number of hydrogen-bond acceptors (Lipinski definition) is 2. The molecule has 0 aromatic heterocycles. The zero-order chi connectivity index (χ0) is 9.26. The van der Waals surface area contributed by atoms with Gasteiger partial charge in [0.25, 0.3) is 0 Å². The van der Waals surface area contributed by atoms with Crippen LogP contribution in [0.1, 0.15) is 5.56 Å². The first kappa shape index (κ1) is 9.14. The van der Waals surface area contributed by atoms with E-state index in [-0.39, 0.29) is 6.10 Å². The second-order valence-electron chi connectivity index (χ2n) is 3.59. The summed E-state index contributed by atoms with van der Waals surface area (Å²) < 4.78 is 0. The zero-order valence-electron chi connectivity index (χ0n) is 7.48. The predicted molar refractivity (Wildman–Crippen MR) is 57.1 cm³/mol. The molecule has 1 atom stereocenters. The SMILES string of the molecule is OC1CN(Cc2ccc(P)cc2)C1. The predicted octanol–water partition coefficient (Wildman–Crippen LogP) is 0.364. The van der Waals surface area contributed by atoms with Crippen LogP contribution in [0.4, 0.5) is 0 Å². The molecule has 1 fully saturated rings. The van der Waals surface area contributed by atoms with Gasteiger partial charge >= 0.3 is 0 Å². The molecule has 1 aromatic rings. The minimum Gasteiger partial charge on any atom is -0.390 e. The van der Waals surface area contributed by atoms with Crippen molar-refractivity contribution in [3.63, 3.8) is 0 Å². The highest BCUT2D eigenvalue weighted by atomic mass is 31.0. The summed E-state index contributed by atoms with van der Waals surface area (Å²) in [7, 11) is 2.67. The first-order valence-corrected chi connectivity index (χ1v) is 5.06. The maximum Gasteiger partial charge on any atom is 0.0794 e. The molecule has 1 N–H and O–H groups in total. The summed E-state index contributed by atoms with van der Waals surface area (Å²) in [5.41, 5.74) is 1.32. The van der Waals surface area contributed by atoms with Crippen LogP contribution in [0.3, 0.4) is 0 Å². The van der Waals surface area contributed by atoms with Gasteiger partial charge in [-0.2, -0.15) is 0 Å². The summed E-state index contributed by atoms with van der Waals surface area (Å²) in [6.07, 6.45) is -0.0963. The number of hydrogen-bond donors (Lipinski definition) is 1. The zero-order valence-corrected chi connectivity index (χ0v) is 8.63. The summed E-state index contributed by atoms with van der Waals surface area (Å²) in [4.78, 5) is 2.24. The molecule has 1 aromatic carbocycles. The molecule has 1 aliphatic heterocycles. The second kappa shape index (κ2) is 3.75. The normalized spacial score (nSPS) is 18.6. The van der Waals surface area contributed by atoms with Crippen molar-refractivity contribution < 1.29 is 5.11 Å². The number of nitrogens with zero attached hydrogens (tertiary/aromatic N) is 1. The van der Waals surface area contributed by atoms with Gasteiger partial charge in [-0.1, -0.05) is 24.3 Å². The lowest BCUT2D eigenvalue weighted by Gasteiger charge is -2.35. The van der Waals surface area contributed by atoms with Gasteiger partial charge in [0, 0.05) is 19.6 Å². The first-order chi connectivity index (χ1) is 6.24. The quantitative estimate of drug-likeness (QED) is 0.689. The number of benzene rings is 1. The van der Waals surface area contributed by atoms with Gasteiger partial charge in [0.1, 0.15) is 0 Å². The summed E-state index contributed by atoms with van der Waals surface area (Å²) in [6, 6.07) is 8.45. The Bertz CT molecular complexity index is 279. The fourth-order valence-electron chi connectivity index (χ4n) is 1.55. The van der Waals surface area contributed by atoms with Crippen LogP contribution in [-0.4, -0.2) is 29.2 Å². The summed E-state index contributed by atoms with van der Waals surface area (Å²) in [5, 5.41) is 10.3. The maximum absolute atomic E-state index is 9.10. The van der Waals surface area contributed by atoms with Crippen molar-refractivity contribution in [3.8, 4) is 0 Å². The molecule has 0 amide bonds. The fraction of sp³-hybridized carbons (Fsp3) is 0.400. The van der Waals surface area contributed by atoms with Gasteiger partial charge in [0.15, 0.2) is 0 Å². The summed E-state index contributed by atoms with van der Waals surface area (Å²) in [5.74, 6) is 0. The Balaban J connectivity index is 1.91. The molecular formula is C10H14NOP. The van der Waals surface area contributed by atoms with Gasteiger partial charge in [-0.25, -0.2) is 0 Å². The molecule has 0 bridgehead atoms. The van der Waals surface area contributed by atoms with Gasteiger partial charge in [-0.05, 0) is 10.9 Å². The molecule has 1 unspecified atom stereocenters. The lowest BCUT2D eigenvalue weighted by molar-refractivity contribution is -0.00285. The van der Waals surface area contributed by atoms with E-state index in [2.05, 4.69) is 38.4 Å². The molecule has 3 heteroatoms. The molecular weight excluding hydrogens is 181 g/mol. The van der Waals surface area contributed by atoms with Crippen LogP contribution in [0.15, 0.2) is 24.3 Å². The van der Waals surface area contributed by atoms with Gasteiger partial charge < -0.3 is 5.11 Å². The number of β-amino-alcohol motifs (C(OH)–C–C–N with tert-alkyl or cyclic N) is 1. The van der Waals surface area contributed by atoms with Crippen LogP contribution in [0, 0.1) is 0 Å². The fourth-order valence-corrected chi connectivity index (χ4v) is 1.75. The number of likely N-dealkylation sites (tertiary alicyclic amines) is 1. The summed E-state index contributed by atoms with van der Waals surface area (Å²) >= 11 is 0. The topological polar surface area (TPSA) is 23.5 Å². The first-order valence-electron chi connectivity index (χ1n) is 4.49. The van der Waals surface area contributed by atoms with E-state index in [4.69, 9.17) is 5.11 Å². The van der Waals surface area contributed by atoms with E-state index in [1.54, 1.807) is 0 Å².